The Bertz CT molecular complexity index is 602. The van der Waals surface area contributed by atoms with Gasteiger partial charge in [0.1, 0.15) is 11.4 Å². The van der Waals surface area contributed by atoms with E-state index in [0.717, 1.165) is 0 Å². The minimum atomic E-state index is -0.567. The number of rotatable bonds is 2. The van der Waals surface area contributed by atoms with Gasteiger partial charge in [-0.25, -0.2) is 9.18 Å². The van der Waals surface area contributed by atoms with Crippen LogP contribution in [0.5, 0.6) is 0 Å². The van der Waals surface area contributed by atoms with Gasteiger partial charge in [-0.1, -0.05) is 30.8 Å². The molecule has 2 saturated heterocycles. The summed E-state index contributed by atoms with van der Waals surface area (Å²) in [7, 11) is 0. The maximum Gasteiger partial charge on any atom is 0.410 e. The van der Waals surface area contributed by atoms with E-state index in [9.17, 15) is 14.0 Å². The molecule has 1 aromatic rings. The smallest absolute Gasteiger partial charge is 0.410 e. The summed E-state index contributed by atoms with van der Waals surface area (Å²) in [4.78, 5) is 26.5. The molecule has 2 aliphatic heterocycles. The molecule has 1 spiro atoms. The zero-order valence-electron chi connectivity index (χ0n) is 12.0. The molecule has 1 aromatic carbocycles. The monoisotopic (exact) mass is 324 g/mol. The van der Waals surface area contributed by atoms with Crippen LogP contribution < -0.4 is 0 Å². The Morgan fingerprint density at radius 2 is 2.00 bits per heavy atom. The van der Waals surface area contributed by atoms with Gasteiger partial charge < -0.3 is 9.64 Å². The van der Waals surface area contributed by atoms with E-state index in [0.29, 0.717) is 38.0 Å². The van der Waals surface area contributed by atoms with Crippen molar-refractivity contribution in [3.63, 3.8) is 0 Å². The standard InChI is InChI=1S/C15H17FN2O3S/c16-12-4-2-1-3-11(12)9-18-10-15(21-13(18)19)5-7-17(8-6-15)14(20)22/h1-4H,5-10H2,(H,20,22). The third-order valence-electron chi connectivity index (χ3n) is 4.31. The third-order valence-corrected chi connectivity index (χ3v) is 4.59. The molecule has 0 radical (unpaired) electrons. The summed E-state index contributed by atoms with van der Waals surface area (Å²) in [5.41, 5.74) is -0.0957. The van der Waals surface area contributed by atoms with Crippen molar-refractivity contribution in [3.8, 4) is 0 Å². The van der Waals surface area contributed by atoms with Gasteiger partial charge in [-0.3, -0.25) is 9.69 Å². The number of piperidine rings is 1. The van der Waals surface area contributed by atoms with Crippen LogP contribution in [0.1, 0.15) is 18.4 Å². The van der Waals surface area contributed by atoms with Gasteiger partial charge >= 0.3 is 6.09 Å². The Kier molecular flexibility index (Phi) is 3.99. The summed E-state index contributed by atoms with van der Waals surface area (Å²) in [6.07, 6.45) is 0.742. The van der Waals surface area contributed by atoms with Crippen LogP contribution in [0.4, 0.5) is 14.0 Å². The Morgan fingerprint density at radius 3 is 2.64 bits per heavy atom. The second-order valence-corrected chi connectivity index (χ2v) is 6.15. The number of carbonyl (C=O) groups excluding carboxylic acids is 2. The molecule has 2 amide bonds. The minimum absolute atomic E-state index is 0.197. The fraction of sp³-hybridized carbons (Fsp3) is 0.467. The number of hydrogen-bond acceptors (Lipinski definition) is 3. The quantitative estimate of drug-likeness (QED) is 0.851. The Balaban J connectivity index is 1.66. The fourth-order valence-electron chi connectivity index (χ4n) is 3.01. The molecule has 118 valence electrons. The van der Waals surface area contributed by atoms with E-state index in [4.69, 9.17) is 4.74 Å². The average Bonchev–Trinajstić information content (AvgIpc) is 2.78. The SMILES string of the molecule is O=C(S)N1CCC2(CC1)CN(Cc1ccccc1F)C(=O)O2. The van der Waals surface area contributed by atoms with Crippen LogP contribution in [0, 0.1) is 5.82 Å². The number of halogens is 1. The lowest BCUT2D eigenvalue weighted by Crippen LogP contribution is -2.47. The van der Waals surface area contributed by atoms with Crippen LogP contribution in [0.2, 0.25) is 0 Å². The van der Waals surface area contributed by atoms with Gasteiger partial charge in [0, 0.05) is 31.5 Å². The molecule has 0 aromatic heterocycles. The van der Waals surface area contributed by atoms with Crippen molar-refractivity contribution in [2.24, 2.45) is 0 Å². The van der Waals surface area contributed by atoms with E-state index in [1.807, 2.05) is 0 Å². The fourth-order valence-corrected chi connectivity index (χ4v) is 3.21. The third kappa shape index (κ3) is 2.90. The summed E-state index contributed by atoms with van der Waals surface area (Å²) in [5, 5.41) is -0.262. The van der Waals surface area contributed by atoms with E-state index in [1.54, 1.807) is 23.1 Å². The first-order valence-electron chi connectivity index (χ1n) is 7.18. The van der Waals surface area contributed by atoms with E-state index < -0.39 is 11.7 Å². The van der Waals surface area contributed by atoms with Crippen LogP contribution in [-0.2, 0) is 11.3 Å². The van der Waals surface area contributed by atoms with Crippen LogP contribution in [0.25, 0.3) is 0 Å². The summed E-state index contributed by atoms with van der Waals surface area (Å²) in [6, 6.07) is 6.40. The number of amides is 2. The van der Waals surface area contributed by atoms with Gasteiger partial charge in [-0.2, -0.15) is 0 Å². The number of hydrogen-bond donors (Lipinski definition) is 1. The first-order chi connectivity index (χ1) is 10.5. The van der Waals surface area contributed by atoms with E-state index in [2.05, 4.69) is 12.6 Å². The van der Waals surface area contributed by atoms with Crippen molar-refractivity contribution >= 4 is 24.0 Å². The van der Waals surface area contributed by atoms with Gasteiger partial charge in [0.25, 0.3) is 5.24 Å². The molecule has 0 bridgehead atoms. The summed E-state index contributed by atoms with van der Waals surface area (Å²) in [6.45, 7) is 1.66. The first-order valence-corrected chi connectivity index (χ1v) is 7.63. The number of thiol groups is 1. The van der Waals surface area contributed by atoms with Crippen molar-refractivity contribution in [1.82, 2.24) is 9.80 Å². The van der Waals surface area contributed by atoms with Gasteiger partial charge in [0.15, 0.2) is 0 Å². The average molecular weight is 324 g/mol. The molecule has 5 nitrogen and oxygen atoms in total. The Labute approximate surface area is 133 Å². The Morgan fingerprint density at radius 1 is 1.32 bits per heavy atom. The van der Waals surface area contributed by atoms with Crippen molar-refractivity contribution in [2.75, 3.05) is 19.6 Å². The topological polar surface area (TPSA) is 49.9 Å². The maximum absolute atomic E-state index is 13.7. The van der Waals surface area contributed by atoms with Gasteiger partial charge in [0.2, 0.25) is 0 Å². The van der Waals surface area contributed by atoms with Crippen LogP contribution in [0.3, 0.4) is 0 Å². The molecule has 3 rings (SSSR count). The molecule has 0 N–H and O–H groups in total. The predicted octanol–water partition coefficient (Wildman–Crippen LogP) is 2.66. The maximum atomic E-state index is 13.7. The normalized spacial score (nSPS) is 20.4. The number of likely N-dealkylation sites (tertiary alicyclic amines) is 1. The molecule has 2 fully saturated rings. The summed E-state index contributed by atoms with van der Waals surface area (Å²) in [5.74, 6) is -0.327. The van der Waals surface area contributed by atoms with E-state index >= 15 is 0 Å². The van der Waals surface area contributed by atoms with Gasteiger partial charge in [-0.15, -0.1) is 0 Å². The largest absolute Gasteiger partial charge is 0.441 e. The number of ether oxygens (including phenoxy) is 1. The van der Waals surface area contributed by atoms with Crippen LogP contribution in [-0.4, -0.2) is 46.4 Å². The van der Waals surface area contributed by atoms with Crippen LogP contribution >= 0.6 is 12.6 Å². The van der Waals surface area contributed by atoms with E-state index in [-0.39, 0.29) is 17.6 Å². The zero-order chi connectivity index (χ0) is 15.7. The lowest BCUT2D eigenvalue weighted by atomic mass is 9.91. The highest BCUT2D eigenvalue weighted by Crippen LogP contribution is 2.34. The molecule has 2 heterocycles. The van der Waals surface area contributed by atoms with E-state index in [1.165, 1.54) is 11.0 Å². The molecule has 7 heteroatoms. The lowest BCUT2D eigenvalue weighted by Gasteiger charge is -2.36. The predicted molar refractivity (Wildman–Crippen MR) is 81.2 cm³/mol. The molecule has 0 aliphatic carbocycles. The minimum Gasteiger partial charge on any atom is -0.441 e. The first kappa shape index (κ1) is 15.1. The molecule has 22 heavy (non-hydrogen) atoms. The number of nitrogens with zero attached hydrogens (tertiary/aromatic N) is 2. The molecule has 2 aliphatic rings. The van der Waals surface area contributed by atoms with Crippen LogP contribution in [0.15, 0.2) is 24.3 Å². The lowest BCUT2D eigenvalue weighted by molar-refractivity contribution is 0.0120. The highest BCUT2D eigenvalue weighted by Gasteiger charge is 2.47. The van der Waals surface area contributed by atoms with Crippen molar-refractivity contribution in [2.45, 2.75) is 25.0 Å². The van der Waals surface area contributed by atoms with Crippen molar-refractivity contribution < 1.29 is 18.7 Å². The number of benzene rings is 1. The summed E-state index contributed by atoms with van der Waals surface area (Å²) < 4.78 is 19.3. The second kappa shape index (κ2) is 5.79. The van der Waals surface area contributed by atoms with Crippen molar-refractivity contribution in [1.29, 1.82) is 0 Å². The number of carbonyl (C=O) groups is 2. The molecule has 0 saturated carbocycles. The van der Waals surface area contributed by atoms with Gasteiger partial charge in [-0.05, 0) is 6.07 Å². The summed E-state index contributed by atoms with van der Waals surface area (Å²) >= 11 is 3.81. The van der Waals surface area contributed by atoms with Gasteiger partial charge in [0.05, 0.1) is 13.1 Å². The van der Waals surface area contributed by atoms with Crippen molar-refractivity contribution in [3.05, 3.63) is 35.6 Å². The molecule has 0 atom stereocenters. The molecular formula is C15H17FN2O3S. The second-order valence-electron chi connectivity index (χ2n) is 5.77. The Hall–Kier alpha value is -1.76. The molecule has 0 unspecified atom stereocenters. The molecular weight excluding hydrogens is 307 g/mol. The highest BCUT2D eigenvalue weighted by molar-refractivity contribution is 7.96. The highest BCUT2D eigenvalue weighted by atomic mass is 32.1. The zero-order valence-corrected chi connectivity index (χ0v) is 12.9.